The third kappa shape index (κ3) is 0.980. The molecule has 44 valence electrons. The molecule has 0 radical (unpaired) electrons. The van der Waals surface area contributed by atoms with Crippen LogP contribution >= 0.6 is 11.6 Å². The van der Waals surface area contributed by atoms with E-state index >= 15 is 0 Å². The maximum Gasteiger partial charge on any atom is 0.223 e. The van der Waals surface area contributed by atoms with Crippen LogP contribution < -0.4 is 0 Å². The number of halogens is 1. The lowest BCUT2D eigenvalue weighted by Crippen LogP contribution is -1.77. The average molecular weight is 133 g/mol. The monoisotopic (exact) mass is 132 g/mol. The van der Waals surface area contributed by atoms with Gasteiger partial charge in [-0.15, -0.1) is 11.6 Å². The maximum atomic E-state index is 5.36. The largest absolute Gasteiger partial charge is 0.340 e. The second kappa shape index (κ2) is 2.13. The van der Waals surface area contributed by atoms with E-state index in [1.54, 1.807) is 6.92 Å². The molecule has 4 heteroatoms. The molecule has 0 unspecified atom stereocenters. The van der Waals surface area contributed by atoms with E-state index in [9.17, 15) is 0 Å². The first-order valence-corrected chi connectivity index (χ1v) is 2.71. The lowest BCUT2D eigenvalue weighted by molar-refractivity contribution is 0.389. The van der Waals surface area contributed by atoms with Crippen LogP contribution in [-0.4, -0.2) is 10.1 Å². The van der Waals surface area contributed by atoms with Gasteiger partial charge in [0.15, 0.2) is 5.82 Å². The van der Waals surface area contributed by atoms with Crippen molar-refractivity contribution in [3.05, 3.63) is 11.7 Å². The molecule has 1 aromatic heterocycles. The molecule has 1 aromatic rings. The summed E-state index contributed by atoms with van der Waals surface area (Å²) in [6.07, 6.45) is 0. The zero-order valence-electron chi connectivity index (χ0n) is 4.39. The Kier molecular flexibility index (Phi) is 1.48. The van der Waals surface area contributed by atoms with Gasteiger partial charge in [-0.1, -0.05) is 5.16 Å². The molecule has 0 saturated carbocycles. The van der Waals surface area contributed by atoms with Gasteiger partial charge in [-0.3, -0.25) is 0 Å². The minimum atomic E-state index is 0.317. The van der Waals surface area contributed by atoms with Gasteiger partial charge in [-0.05, 0) is 0 Å². The number of aromatic nitrogens is 2. The second-order valence-electron chi connectivity index (χ2n) is 1.36. The molecule has 0 bridgehead atoms. The van der Waals surface area contributed by atoms with Crippen molar-refractivity contribution < 1.29 is 4.52 Å². The van der Waals surface area contributed by atoms with Gasteiger partial charge in [0.2, 0.25) is 5.89 Å². The summed E-state index contributed by atoms with van der Waals surface area (Å²) in [7, 11) is 0. The topological polar surface area (TPSA) is 38.9 Å². The highest BCUT2D eigenvalue weighted by molar-refractivity contribution is 6.16. The van der Waals surface area contributed by atoms with Crippen LogP contribution in [0.5, 0.6) is 0 Å². The highest BCUT2D eigenvalue weighted by Crippen LogP contribution is 1.96. The van der Waals surface area contributed by atoms with Crippen molar-refractivity contribution in [2.75, 3.05) is 0 Å². The van der Waals surface area contributed by atoms with Gasteiger partial charge in [0, 0.05) is 6.92 Å². The molecular weight excluding hydrogens is 128 g/mol. The van der Waals surface area contributed by atoms with Gasteiger partial charge < -0.3 is 4.52 Å². The molecule has 0 fully saturated rings. The fourth-order valence-corrected chi connectivity index (χ4v) is 0.504. The summed E-state index contributed by atoms with van der Waals surface area (Å²) in [4.78, 5) is 3.82. The first-order chi connectivity index (χ1) is 3.83. The molecule has 0 amide bonds. The quantitative estimate of drug-likeness (QED) is 0.538. The van der Waals surface area contributed by atoms with Crippen LogP contribution in [0.4, 0.5) is 0 Å². The summed E-state index contributed by atoms with van der Waals surface area (Å²) in [5.41, 5.74) is 0. The first-order valence-electron chi connectivity index (χ1n) is 2.18. The van der Waals surface area contributed by atoms with Crippen LogP contribution in [0.15, 0.2) is 4.52 Å². The van der Waals surface area contributed by atoms with Crippen LogP contribution in [0.3, 0.4) is 0 Å². The van der Waals surface area contributed by atoms with E-state index in [0.717, 1.165) is 0 Å². The molecule has 3 nitrogen and oxygen atoms in total. The van der Waals surface area contributed by atoms with E-state index in [4.69, 9.17) is 11.6 Å². The zero-order chi connectivity index (χ0) is 5.98. The van der Waals surface area contributed by atoms with Crippen LogP contribution in [-0.2, 0) is 5.88 Å². The lowest BCUT2D eigenvalue weighted by Gasteiger charge is -1.71. The normalized spacial score (nSPS) is 9.75. The van der Waals surface area contributed by atoms with Gasteiger partial charge in [-0.25, -0.2) is 0 Å². The van der Waals surface area contributed by atoms with Gasteiger partial charge in [-0.2, -0.15) is 4.98 Å². The van der Waals surface area contributed by atoms with Crippen molar-refractivity contribution in [1.82, 2.24) is 10.1 Å². The number of hydrogen-bond acceptors (Lipinski definition) is 3. The van der Waals surface area contributed by atoms with E-state index in [1.165, 1.54) is 0 Å². The van der Waals surface area contributed by atoms with E-state index < -0.39 is 0 Å². The van der Waals surface area contributed by atoms with Crippen molar-refractivity contribution >= 4 is 11.6 Å². The number of alkyl halides is 1. The molecule has 0 aliphatic heterocycles. The highest BCUT2D eigenvalue weighted by atomic mass is 35.5. The third-order valence-corrected chi connectivity index (χ3v) is 0.928. The molecule has 0 saturated heterocycles. The zero-order valence-corrected chi connectivity index (χ0v) is 5.14. The predicted molar refractivity (Wildman–Crippen MR) is 28.6 cm³/mol. The molecule has 8 heavy (non-hydrogen) atoms. The number of hydrogen-bond donors (Lipinski definition) is 0. The Morgan fingerprint density at radius 1 is 1.75 bits per heavy atom. The standard InChI is InChI=1S/C4H5ClN2O/c1-3-6-4(2-5)7-8-3/h2H2,1H3. The molecule has 0 atom stereocenters. The van der Waals surface area contributed by atoms with Crippen molar-refractivity contribution in [3.63, 3.8) is 0 Å². The smallest absolute Gasteiger partial charge is 0.223 e. The highest BCUT2D eigenvalue weighted by Gasteiger charge is 1.96. The number of rotatable bonds is 1. The van der Waals surface area contributed by atoms with Crippen LogP contribution in [0.1, 0.15) is 11.7 Å². The Bertz CT molecular complexity index is 174. The molecular formula is C4H5ClN2O. The Morgan fingerprint density at radius 2 is 2.50 bits per heavy atom. The van der Waals surface area contributed by atoms with Gasteiger partial charge in [0.05, 0.1) is 5.88 Å². The minimum Gasteiger partial charge on any atom is -0.340 e. The Labute approximate surface area is 51.6 Å². The number of aryl methyl sites for hydroxylation is 1. The summed E-state index contributed by atoms with van der Waals surface area (Å²) < 4.78 is 4.61. The van der Waals surface area contributed by atoms with Crippen molar-refractivity contribution in [2.45, 2.75) is 12.8 Å². The van der Waals surface area contributed by atoms with Gasteiger partial charge in [0.1, 0.15) is 0 Å². The Hall–Kier alpha value is -0.570. The maximum absolute atomic E-state index is 5.36. The molecule has 0 N–H and O–H groups in total. The van der Waals surface area contributed by atoms with E-state index in [0.29, 0.717) is 17.6 Å². The molecule has 1 heterocycles. The fourth-order valence-electron chi connectivity index (χ4n) is 0.396. The second-order valence-corrected chi connectivity index (χ2v) is 1.63. The molecule has 0 aliphatic rings. The molecule has 0 aromatic carbocycles. The van der Waals surface area contributed by atoms with E-state index in [2.05, 4.69) is 14.7 Å². The van der Waals surface area contributed by atoms with Gasteiger partial charge >= 0.3 is 0 Å². The minimum absolute atomic E-state index is 0.317. The molecule has 0 spiro atoms. The summed E-state index contributed by atoms with van der Waals surface area (Å²) in [6.45, 7) is 1.73. The summed E-state index contributed by atoms with van der Waals surface area (Å²) in [5.74, 6) is 1.42. The fraction of sp³-hybridized carbons (Fsp3) is 0.500. The average Bonchev–Trinajstić information content (AvgIpc) is 2.14. The summed E-state index contributed by atoms with van der Waals surface area (Å²) >= 11 is 5.36. The van der Waals surface area contributed by atoms with Crippen molar-refractivity contribution in [2.24, 2.45) is 0 Å². The van der Waals surface area contributed by atoms with E-state index in [1.807, 2.05) is 0 Å². The predicted octanol–water partition coefficient (Wildman–Crippen LogP) is 1.12. The Balaban J connectivity index is 2.84. The number of nitrogens with zero attached hydrogens (tertiary/aromatic N) is 2. The SMILES string of the molecule is Cc1nc(CCl)no1. The third-order valence-electron chi connectivity index (χ3n) is 0.689. The Morgan fingerprint density at radius 3 is 2.75 bits per heavy atom. The van der Waals surface area contributed by atoms with Crippen LogP contribution in [0, 0.1) is 6.92 Å². The first kappa shape index (κ1) is 5.56. The van der Waals surface area contributed by atoms with Crippen LogP contribution in [0.2, 0.25) is 0 Å². The van der Waals surface area contributed by atoms with Gasteiger partial charge in [0.25, 0.3) is 0 Å². The van der Waals surface area contributed by atoms with E-state index in [-0.39, 0.29) is 0 Å². The lowest BCUT2D eigenvalue weighted by atomic mass is 10.7. The van der Waals surface area contributed by atoms with Crippen LogP contribution in [0.25, 0.3) is 0 Å². The molecule has 0 aliphatic carbocycles. The summed E-state index contributed by atoms with van der Waals surface area (Å²) in [5, 5.41) is 3.52. The van der Waals surface area contributed by atoms with Crippen molar-refractivity contribution in [1.29, 1.82) is 0 Å². The summed E-state index contributed by atoms with van der Waals surface area (Å²) in [6, 6.07) is 0. The van der Waals surface area contributed by atoms with Crippen molar-refractivity contribution in [3.8, 4) is 0 Å². The molecule has 1 rings (SSSR count).